The Morgan fingerprint density at radius 1 is 1.22 bits per heavy atom. The van der Waals surface area contributed by atoms with Crippen molar-refractivity contribution in [2.24, 2.45) is 0 Å². The molecule has 3 nitrogen and oxygen atoms in total. The van der Waals surface area contributed by atoms with Crippen molar-refractivity contribution in [1.82, 2.24) is 4.90 Å². The maximum Gasteiger partial charge on any atom is 0.241 e. The lowest BCUT2D eigenvalue weighted by atomic mass is 10.2. The average molecular weight is 248 g/mol. The van der Waals surface area contributed by atoms with Crippen LogP contribution in [0.25, 0.3) is 0 Å². The van der Waals surface area contributed by atoms with Crippen molar-refractivity contribution >= 4 is 11.6 Å². The van der Waals surface area contributed by atoms with Crippen LogP contribution in [0.1, 0.15) is 32.3 Å². The number of nitrogens with one attached hydrogen (secondary N) is 1. The topological polar surface area (TPSA) is 32.3 Å². The zero-order valence-corrected chi connectivity index (χ0v) is 11.7. The van der Waals surface area contributed by atoms with Crippen LogP contribution in [-0.4, -0.2) is 30.4 Å². The minimum Gasteiger partial charge on any atom is -0.376 e. The molecule has 0 saturated carbocycles. The molecule has 0 spiro atoms. The maximum absolute atomic E-state index is 12.0. The molecule has 0 saturated heterocycles. The van der Waals surface area contributed by atoms with E-state index in [0.29, 0.717) is 6.54 Å². The molecule has 0 radical (unpaired) electrons. The van der Waals surface area contributed by atoms with E-state index in [2.05, 4.69) is 25.2 Å². The van der Waals surface area contributed by atoms with E-state index in [1.165, 1.54) is 5.56 Å². The molecule has 100 valence electrons. The molecule has 0 aromatic heterocycles. The van der Waals surface area contributed by atoms with Crippen molar-refractivity contribution in [2.45, 2.75) is 33.6 Å². The van der Waals surface area contributed by atoms with Crippen LogP contribution in [0.4, 0.5) is 5.69 Å². The zero-order chi connectivity index (χ0) is 13.4. The first-order valence-electron chi connectivity index (χ1n) is 6.75. The van der Waals surface area contributed by atoms with Gasteiger partial charge in [-0.3, -0.25) is 4.79 Å². The van der Waals surface area contributed by atoms with E-state index in [1.54, 1.807) is 0 Å². The van der Waals surface area contributed by atoms with Gasteiger partial charge in [0, 0.05) is 18.8 Å². The quantitative estimate of drug-likeness (QED) is 0.804. The van der Waals surface area contributed by atoms with Crippen LogP contribution < -0.4 is 5.32 Å². The molecule has 3 heteroatoms. The van der Waals surface area contributed by atoms with Gasteiger partial charge in [0.05, 0.1) is 6.54 Å². The van der Waals surface area contributed by atoms with Gasteiger partial charge in [0.1, 0.15) is 0 Å². The number of carbonyl (C=O) groups excluding carboxylic acids is 1. The van der Waals surface area contributed by atoms with E-state index in [-0.39, 0.29) is 5.91 Å². The number of anilines is 1. The third-order valence-corrected chi connectivity index (χ3v) is 2.80. The molecule has 0 heterocycles. The summed E-state index contributed by atoms with van der Waals surface area (Å²) in [5.74, 6) is 0.181. The molecule has 1 N–H and O–H groups in total. The molecular weight excluding hydrogens is 224 g/mol. The minimum absolute atomic E-state index is 0.181. The van der Waals surface area contributed by atoms with Gasteiger partial charge in [-0.1, -0.05) is 26.0 Å². The van der Waals surface area contributed by atoms with Crippen LogP contribution in [0.3, 0.4) is 0 Å². The summed E-state index contributed by atoms with van der Waals surface area (Å²) in [7, 11) is 0. The number of aryl methyl sites for hydroxylation is 1. The van der Waals surface area contributed by atoms with Gasteiger partial charge in [-0.25, -0.2) is 0 Å². The summed E-state index contributed by atoms with van der Waals surface area (Å²) < 4.78 is 0. The second kappa shape index (κ2) is 7.75. The summed E-state index contributed by atoms with van der Waals surface area (Å²) in [6, 6.07) is 8.09. The fourth-order valence-corrected chi connectivity index (χ4v) is 1.95. The predicted octanol–water partition coefficient (Wildman–Crippen LogP) is 3.06. The van der Waals surface area contributed by atoms with Crippen LogP contribution in [0, 0.1) is 6.92 Å². The van der Waals surface area contributed by atoms with Gasteiger partial charge in [0.15, 0.2) is 0 Å². The Bertz CT molecular complexity index is 371. The van der Waals surface area contributed by atoms with Crippen molar-refractivity contribution in [2.75, 3.05) is 25.0 Å². The third kappa shape index (κ3) is 4.78. The molecule has 0 bridgehead atoms. The fraction of sp³-hybridized carbons (Fsp3) is 0.533. The van der Waals surface area contributed by atoms with Crippen LogP contribution >= 0.6 is 0 Å². The lowest BCUT2D eigenvalue weighted by Crippen LogP contribution is -2.36. The van der Waals surface area contributed by atoms with Crippen LogP contribution in [-0.2, 0) is 4.79 Å². The van der Waals surface area contributed by atoms with Crippen LogP contribution in [0.15, 0.2) is 24.3 Å². The molecule has 1 aromatic carbocycles. The van der Waals surface area contributed by atoms with E-state index in [0.717, 1.165) is 31.6 Å². The van der Waals surface area contributed by atoms with Gasteiger partial charge in [-0.05, 0) is 37.5 Å². The van der Waals surface area contributed by atoms with Gasteiger partial charge in [0.2, 0.25) is 5.91 Å². The molecule has 0 aliphatic rings. The van der Waals surface area contributed by atoms with Crippen molar-refractivity contribution in [3.63, 3.8) is 0 Å². The van der Waals surface area contributed by atoms with Crippen molar-refractivity contribution in [3.8, 4) is 0 Å². The minimum atomic E-state index is 0.181. The van der Waals surface area contributed by atoms with Gasteiger partial charge >= 0.3 is 0 Å². The molecule has 1 aromatic rings. The van der Waals surface area contributed by atoms with Gasteiger partial charge in [-0.2, -0.15) is 0 Å². The Morgan fingerprint density at radius 2 is 1.89 bits per heavy atom. The van der Waals surface area contributed by atoms with Crippen molar-refractivity contribution in [3.05, 3.63) is 29.8 Å². The van der Waals surface area contributed by atoms with Crippen molar-refractivity contribution < 1.29 is 4.79 Å². The number of hydrogen-bond acceptors (Lipinski definition) is 2. The Balaban J connectivity index is 2.48. The van der Waals surface area contributed by atoms with E-state index in [9.17, 15) is 4.79 Å². The smallest absolute Gasteiger partial charge is 0.241 e. The molecule has 1 amide bonds. The number of carbonyl (C=O) groups is 1. The van der Waals surface area contributed by atoms with Crippen molar-refractivity contribution in [1.29, 1.82) is 0 Å². The Hall–Kier alpha value is -1.51. The summed E-state index contributed by atoms with van der Waals surface area (Å²) in [6.07, 6.45) is 2.02. The second-order valence-corrected chi connectivity index (χ2v) is 4.60. The Kier molecular flexibility index (Phi) is 6.26. The normalized spacial score (nSPS) is 10.2. The summed E-state index contributed by atoms with van der Waals surface area (Å²) in [5.41, 5.74) is 2.21. The lowest BCUT2D eigenvalue weighted by molar-refractivity contribution is -0.129. The van der Waals surface area contributed by atoms with Gasteiger partial charge in [-0.15, -0.1) is 0 Å². The molecule has 0 fully saturated rings. The van der Waals surface area contributed by atoms with Gasteiger partial charge < -0.3 is 10.2 Å². The van der Waals surface area contributed by atoms with Crippen LogP contribution in [0.5, 0.6) is 0 Å². The van der Waals surface area contributed by atoms with Gasteiger partial charge in [0.25, 0.3) is 0 Å². The highest BCUT2D eigenvalue weighted by atomic mass is 16.2. The molecule has 0 aliphatic heterocycles. The third-order valence-electron chi connectivity index (χ3n) is 2.80. The largest absolute Gasteiger partial charge is 0.376 e. The number of hydrogen-bond donors (Lipinski definition) is 1. The number of amides is 1. The first kappa shape index (κ1) is 14.6. The summed E-state index contributed by atoms with van der Waals surface area (Å²) in [4.78, 5) is 14.0. The monoisotopic (exact) mass is 248 g/mol. The lowest BCUT2D eigenvalue weighted by Gasteiger charge is -2.21. The second-order valence-electron chi connectivity index (χ2n) is 4.60. The van der Waals surface area contributed by atoms with E-state index in [4.69, 9.17) is 0 Å². The predicted molar refractivity (Wildman–Crippen MR) is 76.8 cm³/mol. The van der Waals surface area contributed by atoms with E-state index < -0.39 is 0 Å². The number of benzene rings is 1. The van der Waals surface area contributed by atoms with E-state index >= 15 is 0 Å². The molecule has 0 unspecified atom stereocenters. The zero-order valence-electron chi connectivity index (χ0n) is 11.7. The highest BCUT2D eigenvalue weighted by Gasteiger charge is 2.10. The molecule has 18 heavy (non-hydrogen) atoms. The molecular formula is C15H24N2O. The first-order chi connectivity index (χ1) is 8.67. The Labute approximate surface area is 110 Å². The highest BCUT2D eigenvalue weighted by molar-refractivity contribution is 5.80. The average Bonchev–Trinajstić information content (AvgIpc) is 2.36. The highest BCUT2D eigenvalue weighted by Crippen LogP contribution is 2.09. The molecule has 0 atom stereocenters. The number of nitrogens with zero attached hydrogens (tertiary/aromatic N) is 1. The summed E-state index contributed by atoms with van der Waals surface area (Å²) >= 11 is 0. The first-order valence-corrected chi connectivity index (χ1v) is 6.75. The summed E-state index contributed by atoms with van der Waals surface area (Å²) in [6.45, 7) is 8.33. The van der Waals surface area contributed by atoms with E-state index in [1.807, 2.05) is 30.0 Å². The fourth-order valence-electron chi connectivity index (χ4n) is 1.95. The molecule has 1 rings (SSSR count). The Morgan fingerprint density at radius 3 is 2.44 bits per heavy atom. The maximum atomic E-state index is 12.0. The number of rotatable bonds is 7. The van der Waals surface area contributed by atoms with Crippen LogP contribution in [0.2, 0.25) is 0 Å². The summed E-state index contributed by atoms with van der Waals surface area (Å²) in [5, 5.41) is 3.19. The standard InChI is InChI=1S/C15H24N2O/c1-4-9-17(10-5-2)15(18)12-16-14-8-6-7-13(3)11-14/h6-8,11,16H,4-5,9-10,12H2,1-3H3. The SMILES string of the molecule is CCCN(CCC)C(=O)CNc1cccc(C)c1. The molecule has 0 aliphatic carbocycles.